The second-order valence-electron chi connectivity index (χ2n) is 3.49. The van der Waals surface area contributed by atoms with Crippen LogP contribution in [0.15, 0.2) is 24.3 Å². The number of hydrogen-bond donors (Lipinski definition) is 2. The number of anilines is 2. The molecule has 1 aliphatic heterocycles. The number of fused-ring (bicyclic) bond motifs is 1. The average Bonchev–Trinajstić information content (AvgIpc) is 2.37. The molecule has 92 valence electrons. The predicted octanol–water partition coefficient (Wildman–Crippen LogP) is 1.86. The van der Waals surface area contributed by atoms with Crippen LogP contribution in [0.3, 0.4) is 0 Å². The molecule has 0 spiro atoms. The van der Waals surface area contributed by atoms with E-state index in [0.29, 0.717) is 11.4 Å². The summed E-state index contributed by atoms with van der Waals surface area (Å²) in [6.07, 6.45) is 0. The maximum absolute atomic E-state index is 12.2. The van der Waals surface area contributed by atoms with E-state index in [1.165, 1.54) is 14.2 Å². The second kappa shape index (κ2) is 4.49. The van der Waals surface area contributed by atoms with Crippen LogP contribution in [0.25, 0.3) is 0 Å². The Morgan fingerprint density at radius 3 is 2.35 bits per heavy atom. The lowest BCUT2D eigenvalue weighted by molar-refractivity contribution is -0.115. The first-order valence-corrected chi connectivity index (χ1v) is 6.59. The maximum Gasteiger partial charge on any atom is 0.361 e. The zero-order valence-corrected chi connectivity index (χ0v) is 10.4. The summed E-state index contributed by atoms with van der Waals surface area (Å²) in [5.41, 5.74) is 1.33. The minimum Gasteiger partial charge on any atom is -0.362 e. The van der Waals surface area contributed by atoms with Crippen molar-refractivity contribution >= 4 is 24.9 Å². The molecular formula is C10H13N2O4P. The van der Waals surface area contributed by atoms with Crippen LogP contribution < -0.4 is 10.6 Å². The normalized spacial score (nSPS) is 19.2. The van der Waals surface area contributed by atoms with Gasteiger partial charge in [-0.25, -0.2) is 0 Å². The monoisotopic (exact) mass is 256 g/mol. The molecule has 1 aromatic rings. The highest BCUT2D eigenvalue weighted by atomic mass is 31.2. The van der Waals surface area contributed by atoms with Gasteiger partial charge in [0.25, 0.3) is 5.91 Å². The Balaban J connectivity index is 2.35. The number of nitrogens with one attached hydrogen (secondary N) is 2. The molecule has 1 aliphatic rings. The third-order valence-corrected chi connectivity index (χ3v) is 4.56. The zero-order valence-electron chi connectivity index (χ0n) is 9.47. The fourth-order valence-corrected chi connectivity index (χ4v) is 2.86. The molecule has 0 saturated heterocycles. The van der Waals surface area contributed by atoms with Gasteiger partial charge in [-0.3, -0.25) is 9.36 Å². The fourth-order valence-electron chi connectivity index (χ4n) is 1.64. The Labute approximate surface area is 98.8 Å². The van der Waals surface area contributed by atoms with Crippen LogP contribution in [-0.2, 0) is 18.4 Å². The molecule has 6 nitrogen and oxygen atoms in total. The van der Waals surface area contributed by atoms with Crippen molar-refractivity contribution in [2.75, 3.05) is 24.9 Å². The largest absolute Gasteiger partial charge is 0.362 e. The molecular weight excluding hydrogens is 243 g/mol. The first kappa shape index (κ1) is 12.1. The summed E-state index contributed by atoms with van der Waals surface area (Å²) in [7, 11) is -0.992. The van der Waals surface area contributed by atoms with E-state index in [9.17, 15) is 9.36 Å². The number of hydrogen-bond acceptors (Lipinski definition) is 5. The molecule has 0 fully saturated rings. The molecule has 0 unspecified atom stereocenters. The summed E-state index contributed by atoms with van der Waals surface area (Å²) < 4.78 is 21.8. The van der Waals surface area contributed by atoms with E-state index in [-0.39, 0.29) is 0 Å². The summed E-state index contributed by atoms with van der Waals surface area (Å²) >= 11 is 0. The molecule has 1 amide bonds. The molecule has 7 heteroatoms. The molecule has 1 aromatic carbocycles. The molecule has 0 aliphatic carbocycles. The molecule has 0 aromatic heterocycles. The van der Waals surface area contributed by atoms with Crippen LogP contribution in [0.1, 0.15) is 0 Å². The van der Waals surface area contributed by atoms with Crippen molar-refractivity contribution in [1.82, 2.24) is 0 Å². The molecule has 2 rings (SSSR count). The minimum atomic E-state index is -3.49. The first-order valence-electron chi connectivity index (χ1n) is 4.98. The highest BCUT2D eigenvalue weighted by Gasteiger charge is 2.42. The van der Waals surface area contributed by atoms with E-state index in [0.717, 1.165) is 0 Å². The lowest BCUT2D eigenvalue weighted by atomic mass is 10.2. The lowest BCUT2D eigenvalue weighted by Crippen LogP contribution is -2.39. The third kappa shape index (κ3) is 2.07. The van der Waals surface area contributed by atoms with Crippen molar-refractivity contribution in [3.8, 4) is 0 Å². The van der Waals surface area contributed by atoms with Gasteiger partial charge in [0, 0.05) is 14.2 Å². The van der Waals surface area contributed by atoms with Crippen molar-refractivity contribution in [2.45, 2.75) is 5.78 Å². The summed E-state index contributed by atoms with van der Waals surface area (Å²) in [4.78, 5) is 11.8. The summed E-state index contributed by atoms with van der Waals surface area (Å²) in [6, 6.07) is 7.14. The fraction of sp³-hybridized carbons (Fsp3) is 0.300. The molecule has 0 saturated carbocycles. The molecule has 1 heterocycles. The lowest BCUT2D eigenvalue weighted by Gasteiger charge is -2.29. The standard InChI is InChI=1S/C10H13N2O4P/c1-15-17(14,16-2)10-9(13)11-7-5-3-4-6-8(7)12-10/h3-6,10,12H,1-2H3,(H,11,13)/t10-/m0/s1. The quantitative estimate of drug-likeness (QED) is 0.807. The van der Waals surface area contributed by atoms with Crippen molar-refractivity contribution in [2.24, 2.45) is 0 Å². The van der Waals surface area contributed by atoms with E-state index in [1.54, 1.807) is 18.2 Å². The van der Waals surface area contributed by atoms with E-state index in [2.05, 4.69) is 10.6 Å². The number of rotatable bonds is 3. The average molecular weight is 256 g/mol. The zero-order chi connectivity index (χ0) is 12.5. The number of benzene rings is 1. The molecule has 0 bridgehead atoms. The van der Waals surface area contributed by atoms with Gasteiger partial charge in [-0.2, -0.15) is 0 Å². The van der Waals surface area contributed by atoms with Crippen LogP contribution in [0.5, 0.6) is 0 Å². The third-order valence-electron chi connectivity index (χ3n) is 2.55. The molecule has 2 N–H and O–H groups in total. The SMILES string of the molecule is COP(=O)(OC)[C@@H]1Nc2ccccc2NC1=O. The number of carbonyl (C=O) groups is 1. The molecule has 17 heavy (non-hydrogen) atoms. The van der Waals surface area contributed by atoms with Gasteiger partial charge in [-0.15, -0.1) is 0 Å². The summed E-state index contributed by atoms with van der Waals surface area (Å²) in [6.45, 7) is 0. The van der Waals surface area contributed by atoms with Crippen LogP contribution in [0.4, 0.5) is 11.4 Å². The topological polar surface area (TPSA) is 76.7 Å². The summed E-state index contributed by atoms with van der Waals surface area (Å²) in [5, 5.41) is 5.51. The highest BCUT2D eigenvalue weighted by Crippen LogP contribution is 2.53. The van der Waals surface area contributed by atoms with Crippen LogP contribution in [0.2, 0.25) is 0 Å². The Kier molecular flexibility index (Phi) is 3.19. The Morgan fingerprint density at radius 2 is 1.76 bits per heavy atom. The molecule has 0 radical (unpaired) electrons. The van der Waals surface area contributed by atoms with Crippen molar-refractivity contribution in [1.29, 1.82) is 0 Å². The van der Waals surface area contributed by atoms with Gasteiger partial charge < -0.3 is 19.7 Å². The van der Waals surface area contributed by atoms with Crippen LogP contribution in [-0.4, -0.2) is 25.9 Å². The van der Waals surface area contributed by atoms with Crippen molar-refractivity contribution in [3.63, 3.8) is 0 Å². The van der Waals surface area contributed by atoms with Gasteiger partial charge in [0.1, 0.15) is 0 Å². The number of carbonyl (C=O) groups excluding carboxylic acids is 1. The predicted molar refractivity (Wildman–Crippen MR) is 64.1 cm³/mol. The second-order valence-corrected chi connectivity index (χ2v) is 5.81. The Bertz CT molecular complexity index is 483. The van der Waals surface area contributed by atoms with Crippen molar-refractivity contribution < 1.29 is 18.4 Å². The highest BCUT2D eigenvalue weighted by molar-refractivity contribution is 7.56. The van der Waals surface area contributed by atoms with Crippen LogP contribution in [0, 0.1) is 0 Å². The van der Waals surface area contributed by atoms with Gasteiger partial charge in [0.15, 0.2) is 0 Å². The summed E-state index contributed by atoms with van der Waals surface area (Å²) in [5.74, 6) is -1.47. The van der Waals surface area contributed by atoms with Gasteiger partial charge in [-0.1, -0.05) is 12.1 Å². The van der Waals surface area contributed by atoms with Gasteiger partial charge in [0.05, 0.1) is 11.4 Å². The number of amides is 1. The van der Waals surface area contributed by atoms with Crippen molar-refractivity contribution in [3.05, 3.63) is 24.3 Å². The van der Waals surface area contributed by atoms with Gasteiger partial charge in [-0.05, 0) is 12.1 Å². The molecule has 1 atom stereocenters. The van der Waals surface area contributed by atoms with E-state index in [1.807, 2.05) is 6.07 Å². The van der Waals surface area contributed by atoms with Crippen LogP contribution >= 0.6 is 7.60 Å². The number of para-hydroxylation sites is 2. The van der Waals surface area contributed by atoms with Gasteiger partial charge in [0.2, 0.25) is 5.78 Å². The van der Waals surface area contributed by atoms with E-state index < -0.39 is 19.3 Å². The first-order chi connectivity index (χ1) is 8.10. The van der Waals surface area contributed by atoms with E-state index in [4.69, 9.17) is 9.05 Å². The smallest absolute Gasteiger partial charge is 0.361 e. The van der Waals surface area contributed by atoms with E-state index >= 15 is 0 Å². The maximum atomic E-state index is 12.2. The minimum absolute atomic E-state index is 0.435. The Hall–Kier alpha value is -1.36. The van der Waals surface area contributed by atoms with Gasteiger partial charge >= 0.3 is 7.60 Å². The Morgan fingerprint density at radius 1 is 1.18 bits per heavy atom.